The normalized spacial score (nSPS) is 12.2. The van der Waals surface area contributed by atoms with Crippen LogP contribution in [-0.4, -0.2) is 39.3 Å². The number of benzene rings is 2. The molecule has 0 bridgehead atoms. The number of nitrogens with one attached hydrogen (secondary N) is 1. The van der Waals surface area contributed by atoms with Gasteiger partial charge < -0.3 is 19.7 Å². The Bertz CT molecular complexity index is 662. The highest BCUT2D eigenvalue weighted by Gasteiger charge is 2.14. The van der Waals surface area contributed by atoms with E-state index >= 15 is 0 Å². The van der Waals surface area contributed by atoms with Gasteiger partial charge in [0.05, 0.1) is 18.2 Å². The molecular formula is C20H27BrN2O2. The van der Waals surface area contributed by atoms with Crippen LogP contribution >= 0.6 is 15.9 Å². The molecule has 25 heavy (non-hydrogen) atoms. The van der Waals surface area contributed by atoms with Crippen molar-refractivity contribution in [2.45, 2.75) is 19.5 Å². The van der Waals surface area contributed by atoms with E-state index in [1.807, 2.05) is 19.1 Å². The molecule has 0 aliphatic carbocycles. The summed E-state index contributed by atoms with van der Waals surface area (Å²) in [5, 5.41) is 3.65. The van der Waals surface area contributed by atoms with E-state index < -0.39 is 0 Å². The maximum Gasteiger partial charge on any atom is 0.175 e. The van der Waals surface area contributed by atoms with Crippen LogP contribution in [0.15, 0.2) is 46.9 Å². The minimum atomic E-state index is 0.257. The van der Waals surface area contributed by atoms with Crippen LogP contribution in [0.5, 0.6) is 11.5 Å². The summed E-state index contributed by atoms with van der Waals surface area (Å²) in [4.78, 5) is 2.19. The van der Waals surface area contributed by atoms with Crippen LogP contribution in [0.25, 0.3) is 0 Å². The summed E-state index contributed by atoms with van der Waals surface area (Å²) in [6.07, 6.45) is 0. The van der Waals surface area contributed by atoms with Crippen molar-refractivity contribution in [1.29, 1.82) is 0 Å². The maximum absolute atomic E-state index is 5.66. The number of rotatable bonds is 9. The Morgan fingerprint density at radius 1 is 1.16 bits per heavy atom. The molecule has 0 aromatic heterocycles. The first-order valence-electron chi connectivity index (χ1n) is 8.47. The molecule has 4 nitrogen and oxygen atoms in total. The number of ether oxygens (including phenoxy) is 2. The van der Waals surface area contributed by atoms with E-state index in [9.17, 15) is 0 Å². The highest BCUT2D eigenvalue weighted by atomic mass is 79.9. The molecule has 0 heterocycles. The molecule has 0 radical (unpaired) electrons. The second kappa shape index (κ2) is 9.80. The van der Waals surface area contributed by atoms with Crippen LogP contribution in [0.3, 0.4) is 0 Å². The summed E-state index contributed by atoms with van der Waals surface area (Å²) in [5.41, 5.74) is 2.43. The summed E-state index contributed by atoms with van der Waals surface area (Å²) in [5.74, 6) is 1.50. The van der Waals surface area contributed by atoms with Crippen molar-refractivity contribution in [1.82, 2.24) is 10.2 Å². The van der Waals surface area contributed by atoms with Crippen molar-refractivity contribution >= 4 is 15.9 Å². The first-order valence-corrected chi connectivity index (χ1v) is 9.26. The topological polar surface area (TPSA) is 33.7 Å². The quantitative estimate of drug-likeness (QED) is 0.674. The lowest BCUT2D eigenvalue weighted by Crippen LogP contribution is -2.30. The lowest BCUT2D eigenvalue weighted by atomic mass is 10.1. The molecule has 0 amide bonds. The summed E-state index contributed by atoms with van der Waals surface area (Å²) in [6, 6.07) is 14.9. The third-order valence-electron chi connectivity index (χ3n) is 3.88. The Kier molecular flexibility index (Phi) is 7.75. The maximum atomic E-state index is 5.66. The van der Waals surface area contributed by atoms with Gasteiger partial charge >= 0.3 is 0 Å². The van der Waals surface area contributed by atoms with Crippen molar-refractivity contribution in [3.05, 3.63) is 58.1 Å². The lowest BCUT2D eigenvalue weighted by Gasteiger charge is -2.23. The Morgan fingerprint density at radius 3 is 2.48 bits per heavy atom. The van der Waals surface area contributed by atoms with Crippen molar-refractivity contribution in [2.24, 2.45) is 0 Å². The first kappa shape index (κ1) is 19.8. The number of likely N-dealkylation sites (N-methyl/N-ethyl adjacent to an activating group) is 1. The van der Waals surface area contributed by atoms with Crippen LogP contribution < -0.4 is 14.8 Å². The molecule has 2 aromatic rings. The standard InChI is InChI=1S/C20H27BrN2O2/c1-5-25-20-17(21)11-15(12-19(20)24-4)13-22-18(14-23(2)3)16-9-7-6-8-10-16/h6-12,18,22H,5,13-14H2,1-4H3/t18-/m0/s1. The van der Waals surface area contributed by atoms with Gasteiger partial charge in [0.2, 0.25) is 0 Å². The molecule has 0 aliphatic rings. The van der Waals surface area contributed by atoms with Gasteiger partial charge in [0, 0.05) is 19.1 Å². The molecule has 1 N–H and O–H groups in total. The Labute approximate surface area is 159 Å². The van der Waals surface area contributed by atoms with Gasteiger partial charge in [0.15, 0.2) is 11.5 Å². The molecule has 5 heteroatoms. The molecule has 0 fully saturated rings. The molecule has 0 saturated heterocycles. The third-order valence-corrected chi connectivity index (χ3v) is 4.47. The van der Waals surface area contributed by atoms with Gasteiger partial charge in [-0.05, 0) is 60.2 Å². The summed E-state index contributed by atoms with van der Waals surface area (Å²) in [6.45, 7) is 4.24. The van der Waals surface area contributed by atoms with Crippen LogP contribution in [0.1, 0.15) is 24.1 Å². The summed E-state index contributed by atoms with van der Waals surface area (Å²) >= 11 is 3.59. The van der Waals surface area contributed by atoms with Gasteiger partial charge in [0.25, 0.3) is 0 Å². The average Bonchev–Trinajstić information content (AvgIpc) is 2.61. The first-order chi connectivity index (χ1) is 12.0. The molecule has 2 rings (SSSR count). The summed E-state index contributed by atoms with van der Waals surface area (Å²) in [7, 11) is 5.85. The van der Waals surface area contributed by atoms with E-state index in [0.717, 1.165) is 34.6 Å². The zero-order valence-corrected chi connectivity index (χ0v) is 17.0. The lowest BCUT2D eigenvalue weighted by molar-refractivity contribution is 0.308. The van der Waals surface area contributed by atoms with Gasteiger partial charge in [-0.15, -0.1) is 0 Å². The van der Waals surface area contributed by atoms with Gasteiger partial charge in [-0.1, -0.05) is 30.3 Å². The van der Waals surface area contributed by atoms with E-state index in [-0.39, 0.29) is 6.04 Å². The molecule has 1 atom stereocenters. The summed E-state index contributed by atoms with van der Waals surface area (Å²) < 4.78 is 12.1. The van der Waals surface area contributed by atoms with E-state index in [1.165, 1.54) is 5.56 Å². The minimum Gasteiger partial charge on any atom is -0.493 e. The number of nitrogens with zero attached hydrogens (tertiary/aromatic N) is 1. The highest BCUT2D eigenvalue weighted by Crippen LogP contribution is 2.36. The predicted molar refractivity (Wildman–Crippen MR) is 106 cm³/mol. The number of hydrogen-bond acceptors (Lipinski definition) is 4. The van der Waals surface area contributed by atoms with Crippen molar-refractivity contribution in [3.63, 3.8) is 0 Å². The molecule has 136 valence electrons. The predicted octanol–water partition coefficient (Wildman–Crippen LogP) is 4.25. The molecule has 2 aromatic carbocycles. The van der Waals surface area contributed by atoms with Gasteiger partial charge in [-0.2, -0.15) is 0 Å². The highest BCUT2D eigenvalue weighted by molar-refractivity contribution is 9.10. The van der Waals surface area contributed by atoms with Gasteiger partial charge in [-0.25, -0.2) is 0 Å². The molecular weight excluding hydrogens is 380 g/mol. The van der Waals surface area contributed by atoms with Crippen molar-refractivity contribution in [2.75, 3.05) is 34.4 Å². The number of halogens is 1. The largest absolute Gasteiger partial charge is 0.493 e. The Hall–Kier alpha value is -1.56. The second-order valence-electron chi connectivity index (χ2n) is 6.15. The fourth-order valence-electron chi connectivity index (χ4n) is 2.74. The van der Waals surface area contributed by atoms with E-state index in [0.29, 0.717) is 6.61 Å². The molecule has 0 spiro atoms. The van der Waals surface area contributed by atoms with Crippen LogP contribution in [0.2, 0.25) is 0 Å². The second-order valence-corrected chi connectivity index (χ2v) is 7.00. The van der Waals surface area contributed by atoms with Crippen molar-refractivity contribution < 1.29 is 9.47 Å². The zero-order valence-electron chi connectivity index (χ0n) is 15.4. The Balaban J connectivity index is 2.15. The average molecular weight is 407 g/mol. The Morgan fingerprint density at radius 2 is 1.88 bits per heavy atom. The van der Waals surface area contributed by atoms with E-state index in [1.54, 1.807) is 7.11 Å². The SMILES string of the molecule is CCOc1c(Br)cc(CN[C@@H](CN(C)C)c2ccccc2)cc1OC. The molecule has 0 aliphatic heterocycles. The number of methoxy groups -OCH3 is 1. The minimum absolute atomic E-state index is 0.257. The molecule has 0 unspecified atom stereocenters. The van der Waals surface area contributed by atoms with Crippen LogP contribution in [-0.2, 0) is 6.54 Å². The van der Waals surface area contributed by atoms with Gasteiger partial charge in [-0.3, -0.25) is 0 Å². The molecule has 0 saturated carbocycles. The van der Waals surface area contributed by atoms with Crippen molar-refractivity contribution in [3.8, 4) is 11.5 Å². The fourth-order valence-corrected chi connectivity index (χ4v) is 3.34. The van der Waals surface area contributed by atoms with Gasteiger partial charge in [0.1, 0.15) is 0 Å². The van der Waals surface area contributed by atoms with E-state index in [4.69, 9.17) is 9.47 Å². The number of hydrogen-bond donors (Lipinski definition) is 1. The smallest absolute Gasteiger partial charge is 0.175 e. The zero-order chi connectivity index (χ0) is 18.2. The van der Waals surface area contributed by atoms with E-state index in [2.05, 4.69) is 70.6 Å². The fraction of sp³-hybridized carbons (Fsp3) is 0.400. The third kappa shape index (κ3) is 5.73. The monoisotopic (exact) mass is 406 g/mol. The van der Waals surface area contributed by atoms with Crippen LogP contribution in [0.4, 0.5) is 0 Å². The van der Waals surface area contributed by atoms with Crippen LogP contribution in [0, 0.1) is 0 Å².